The SMILES string of the molecule is CCCCCCCCCCCCCC(CCCCCCCCO)S(=O)(=O)[O-].[Na+]. The van der Waals surface area contributed by atoms with Crippen LogP contribution in [0.15, 0.2) is 0 Å². The van der Waals surface area contributed by atoms with E-state index < -0.39 is 15.4 Å². The zero-order chi connectivity index (χ0) is 20.2. The molecule has 0 saturated carbocycles. The molecule has 0 bridgehead atoms. The summed E-state index contributed by atoms with van der Waals surface area (Å²) in [5.74, 6) is 0. The molecule has 0 aliphatic rings. The summed E-state index contributed by atoms with van der Waals surface area (Å²) in [6, 6.07) is 0. The summed E-state index contributed by atoms with van der Waals surface area (Å²) < 4.78 is 34.4. The van der Waals surface area contributed by atoms with Crippen LogP contribution in [0.25, 0.3) is 0 Å². The third-order valence-corrected chi connectivity index (χ3v) is 6.76. The van der Waals surface area contributed by atoms with Crippen LogP contribution < -0.4 is 29.6 Å². The molecule has 0 saturated heterocycles. The fraction of sp³-hybridized carbons (Fsp3) is 1.00. The van der Waals surface area contributed by atoms with E-state index in [9.17, 15) is 13.0 Å². The van der Waals surface area contributed by atoms with E-state index in [4.69, 9.17) is 5.11 Å². The van der Waals surface area contributed by atoms with Gasteiger partial charge in [-0.25, -0.2) is 8.42 Å². The van der Waals surface area contributed by atoms with Gasteiger partial charge < -0.3 is 9.66 Å². The quantitative estimate of drug-likeness (QED) is 0.173. The van der Waals surface area contributed by atoms with Gasteiger partial charge >= 0.3 is 29.6 Å². The Morgan fingerprint density at radius 1 is 0.643 bits per heavy atom. The van der Waals surface area contributed by atoms with Crippen LogP contribution in [-0.2, 0) is 10.1 Å². The summed E-state index contributed by atoms with van der Waals surface area (Å²) in [6.07, 6.45) is 20.5. The van der Waals surface area contributed by atoms with E-state index >= 15 is 0 Å². The number of aliphatic hydroxyl groups is 1. The number of rotatable bonds is 21. The summed E-state index contributed by atoms with van der Waals surface area (Å²) >= 11 is 0. The Kier molecular flexibility index (Phi) is 25.0. The summed E-state index contributed by atoms with van der Waals surface area (Å²) in [4.78, 5) is 0. The van der Waals surface area contributed by atoms with Crippen molar-refractivity contribution >= 4 is 10.1 Å². The van der Waals surface area contributed by atoms with Crippen molar-refractivity contribution in [1.82, 2.24) is 0 Å². The predicted octanol–water partition coefficient (Wildman–Crippen LogP) is 3.33. The van der Waals surface area contributed by atoms with Gasteiger partial charge in [-0.2, -0.15) is 0 Å². The van der Waals surface area contributed by atoms with Crippen LogP contribution in [0.2, 0.25) is 0 Å². The summed E-state index contributed by atoms with van der Waals surface area (Å²) in [5, 5.41) is 8.05. The molecule has 1 unspecified atom stereocenters. The van der Waals surface area contributed by atoms with Gasteiger partial charge in [0.25, 0.3) is 0 Å². The zero-order valence-electron chi connectivity index (χ0n) is 18.8. The van der Waals surface area contributed by atoms with Crippen LogP contribution in [0.1, 0.15) is 129 Å². The normalized spacial score (nSPS) is 12.7. The minimum atomic E-state index is -4.16. The fourth-order valence-electron chi connectivity index (χ4n) is 3.66. The van der Waals surface area contributed by atoms with E-state index in [0.717, 1.165) is 57.8 Å². The Labute approximate surface area is 197 Å². The molecule has 0 fully saturated rings. The molecule has 164 valence electrons. The third kappa shape index (κ3) is 21.6. The Balaban J connectivity index is 0. The molecule has 0 rings (SSSR count). The molecular formula is C22H45NaO4S. The molecular weight excluding hydrogens is 383 g/mol. The zero-order valence-corrected chi connectivity index (χ0v) is 21.6. The van der Waals surface area contributed by atoms with Gasteiger partial charge in [-0.05, 0) is 19.3 Å². The molecule has 6 heteroatoms. The van der Waals surface area contributed by atoms with E-state index in [1.165, 1.54) is 51.4 Å². The van der Waals surface area contributed by atoms with Gasteiger partial charge in [0, 0.05) is 11.9 Å². The number of hydrogen-bond donors (Lipinski definition) is 1. The van der Waals surface area contributed by atoms with Gasteiger partial charge in [-0.1, -0.05) is 110 Å². The second kappa shape index (κ2) is 22.6. The molecule has 0 amide bonds. The molecule has 1 N–H and O–H groups in total. The first-order valence-electron chi connectivity index (χ1n) is 11.6. The van der Waals surface area contributed by atoms with E-state index in [2.05, 4.69) is 6.92 Å². The van der Waals surface area contributed by atoms with Gasteiger partial charge in [-0.3, -0.25) is 0 Å². The van der Waals surface area contributed by atoms with Crippen molar-refractivity contribution in [3.63, 3.8) is 0 Å². The third-order valence-electron chi connectivity index (χ3n) is 5.47. The van der Waals surface area contributed by atoms with E-state index in [-0.39, 0.29) is 36.2 Å². The summed E-state index contributed by atoms with van der Waals surface area (Å²) in [5.41, 5.74) is 0. The Morgan fingerprint density at radius 3 is 1.29 bits per heavy atom. The molecule has 0 aromatic rings. The molecule has 4 nitrogen and oxygen atoms in total. The van der Waals surface area contributed by atoms with Crippen molar-refractivity contribution in [2.75, 3.05) is 6.61 Å². The Morgan fingerprint density at radius 2 is 0.964 bits per heavy atom. The smallest absolute Gasteiger partial charge is 0.748 e. The van der Waals surface area contributed by atoms with Crippen molar-refractivity contribution in [2.24, 2.45) is 0 Å². The van der Waals surface area contributed by atoms with Gasteiger partial charge in [0.15, 0.2) is 0 Å². The Hall–Kier alpha value is 0.870. The minimum absolute atomic E-state index is 0. The first-order valence-corrected chi connectivity index (χ1v) is 13.0. The minimum Gasteiger partial charge on any atom is -0.748 e. The molecule has 0 aromatic heterocycles. The fourth-order valence-corrected chi connectivity index (χ4v) is 4.57. The van der Waals surface area contributed by atoms with E-state index in [1.54, 1.807) is 0 Å². The van der Waals surface area contributed by atoms with E-state index in [0.29, 0.717) is 12.8 Å². The van der Waals surface area contributed by atoms with Crippen LogP contribution in [-0.4, -0.2) is 29.9 Å². The first-order chi connectivity index (χ1) is 13.0. The summed E-state index contributed by atoms with van der Waals surface area (Å²) in [6.45, 7) is 2.49. The van der Waals surface area contributed by atoms with Crippen molar-refractivity contribution < 1.29 is 47.6 Å². The van der Waals surface area contributed by atoms with Crippen LogP contribution in [0.5, 0.6) is 0 Å². The van der Waals surface area contributed by atoms with Gasteiger partial charge in [0.1, 0.15) is 0 Å². The molecule has 0 aliphatic carbocycles. The maximum atomic E-state index is 11.5. The monoisotopic (exact) mass is 428 g/mol. The molecule has 0 radical (unpaired) electrons. The first kappa shape index (κ1) is 31.1. The molecule has 0 aliphatic heterocycles. The van der Waals surface area contributed by atoms with Crippen molar-refractivity contribution in [2.45, 2.75) is 134 Å². The topological polar surface area (TPSA) is 77.4 Å². The second-order valence-corrected chi connectivity index (χ2v) is 9.72. The standard InChI is InChI=1S/C22H46O4S.Na/c1-2-3-4-5-6-7-8-9-10-13-16-19-22(27(24,25)26)20-17-14-11-12-15-18-21-23;/h22-23H,2-21H2,1H3,(H,24,25,26);/q;+1/p-1. The van der Waals surface area contributed by atoms with Crippen LogP contribution in [0.3, 0.4) is 0 Å². The Bertz CT molecular complexity index is 401. The molecule has 0 spiro atoms. The number of aliphatic hydroxyl groups excluding tert-OH is 1. The molecule has 28 heavy (non-hydrogen) atoms. The van der Waals surface area contributed by atoms with Gasteiger partial charge in [-0.15, -0.1) is 0 Å². The van der Waals surface area contributed by atoms with Crippen LogP contribution >= 0.6 is 0 Å². The molecule has 0 heterocycles. The molecule has 1 atom stereocenters. The maximum Gasteiger partial charge on any atom is 1.00 e. The largest absolute Gasteiger partial charge is 1.00 e. The van der Waals surface area contributed by atoms with Crippen molar-refractivity contribution in [3.05, 3.63) is 0 Å². The van der Waals surface area contributed by atoms with E-state index in [1.807, 2.05) is 0 Å². The average molecular weight is 429 g/mol. The number of hydrogen-bond acceptors (Lipinski definition) is 4. The maximum absolute atomic E-state index is 11.5. The predicted molar refractivity (Wildman–Crippen MR) is 114 cm³/mol. The van der Waals surface area contributed by atoms with Crippen LogP contribution in [0.4, 0.5) is 0 Å². The number of unbranched alkanes of at least 4 members (excludes halogenated alkanes) is 15. The van der Waals surface area contributed by atoms with Crippen molar-refractivity contribution in [3.8, 4) is 0 Å². The van der Waals surface area contributed by atoms with Crippen LogP contribution in [0, 0.1) is 0 Å². The van der Waals surface area contributed by atoms with Gasteiger partial charge in [0.05, 0.1) is 10.1 Å². The second-order valence-electron chi connectivity index (χ2n) is 8.07. The van der Waals surface area contributed by atoms with Crippen molar-refractivity contribution in [1.29, 1.82) is 0 Å². The van der Waals surface area contributed by atoms with Gasteiger partial charge in [0.2, 0.25) is 0 Å². The average Bonchev–Trinajstić information content (AvgIpc) is 2.62. The molecule has 0 aromatic carbocycles. The summed E-state index contributed by atoms with van der Waals surface area (Å²) in [7, 11) is -4.16.